The summed E-state index contributed by atoms with van der Waals surface area (Å²) in [6.07, 6.45) is 1.26. The molecule has 16 nitrogen and oxygen atoms in total. The Morgan fingerprint density at radius 3 is 1.89 bits per heavy atom. The summed E-state index contributed by atoms with van der Waals surface area (Å²) in [6.45, 7) is 1.64. The minimum atomic E-state index is -1.55. The van der Waals surface area contributed by atoms with Gasteiger partial charge in [0.2, 0.25) is 35.4 Å². The van der Waals surface area contributed by atoms with Crippen molar-refractivity contribution in [3.8, 4) is 5.75 Å². The number of phenolic OH excluding ortho intramolecular Hbond substituents is 1. The van der Waals surface area contributed by atoms with Crippen molar-refractivity contribution in [2.45, 2.75) is 94.2 Å². The van der Waals surface area contributed by atoms with E-state index in [-0.39, 0.29) is 43.6 Å². The van der Waals surface area contributed by atoms with Gasteiger partial charge in [-0.3, -0.25) is 28.8 Å². The molecule has 0 unspecified atom stereocenters. The first-order valence-electron chi connectivity index (χ1n) is 20.4. The molecule has 0 spiro atoms. The highest BCUT2D eigenvalue weighted by Crippen LogP contribution is 2.20. The van der Waals surface area contributed by atoms with E-state index in [1.165, 1.54) is 26.1 Å². The number of nitrogens with two attached hydrogens (primary N) is 1. The number of para-hydroxylation sites is 1. The highest BCUT2D eigenvalue weighted by atomic mass is 32.1. The number of aromatic hydroxyl groups is 1. The summed E-state index contributed by atoms with van der Waals surface area (Å²) in [7, 11) is 1.37. The van der Waals surface area contributed by atoms with Gasteiger partial charge in [0.1, 0.15) is 42.0 Å². The largest absolute Gasteiger partial charge is 0.508 e. The van der Waals surface area contributed by atoms with E-state index in [9.17, 15) is 39.0 Å². The van der Waals surface area contributed by atoms with Crippen LogP contribution >= 0.6 is 12.6 Å². The van der Waals surface area contributed by atoms with Crippen molar-refractivity contribution in [1.82, 2.24) is 36.5 Å². The van der Waals surface area contributed by atoms with Gasteiger partial charge in [0.05, 0.1) is 6.10 Å². The first kappa shape index (κ1) is 46.2. The molecular weight excluding hydrogens is 801 g/mol. The molecule has 1 fully saturated rings. The minimum absolute atomic E-state index is 0.00603. The molecule has 1 aliphatic rings. The third-order valence-corrected chi connectivity index (χ3v) is 11.1. The number of hydrogen-bond donors (Lipinski definition) is 10. The molecule has 1 aromatic heterocycles. The normalized spacial score (nSPS) is 22.9. The number of carbonyl (C=O) groups is 6. The number of likely N-dealkylation sites (N-methyl/N-ethyl adjacent to an activating group) is 1. The Bertz CT molecular complexity index is 2130. The first-order chi connectivity index (χ1) is 29.3. The fourth-order valence-corrected chi connectivity index (χ4v) is 7.57. The van der Waals surface area contributed by atoms with E-state index in [1.54, 1.807) is 48.7 Å². The minimum Gasteiger partial charge on any atom is -0.508 e. The number of nitrogens with zero attached hydrogens (tertiary/aromatic N) is 1. The van der Waals surface area contributed by atoms with E-state index in [1.807, 2.05) is 24.3 Å². The summed E-state index contributed by atoms with van der Waals surface area (Å²) < 4.78 is 0. The molecule has 2 heterocycles. The lowest BCUT2D eigenvalue weighted by Crippen LogP contribution is -2.63. The van der Waals surface area contributed by atoms with Crippen LogP contribution in [-0.4, -0.2) is 117 Å². The fourth-order valence-electron chi connectivity index (χ4n) is 7.31. The van der Waals surface area contributed by atoms with E-state index < -0.39 is 77.8 Å². The van der Waals surface area contributed by atoms with E-state index in [0.29, 0.717) is 36.1 Å². The predicted molar refractivity (Wildman–Crippen MR) is 233 cm³/mol. The number of hydrogen-bond acceptors (Lipinski definition) is 10. The molecule has 10 N–H and O–H groups in total. The second-order valence-electron chi connectivity index (χ2n) is 15.4. The number of aromatic nitrogens is 1. The number of rotatable bonds is 13. The number of fused-ring (bicyclic) bond motifs is 1. The lowest BCUT2D eigenvalue weighted by Gasteiger charge is -2.34. The van der Waals surface area contributed by atoms with Gasteiger partial charge in [-0.25, -0.2) is 0 Å². The van der Waals surface area contributed by atoms with Crippen molar-refractivity contribution in [1.29, 1.82) is 0 Å². The van der Waals surface area contributed by atoms with Crippen molar-refractivity contribution < 1.29 is 39.0 Å². The van der Waals surface area contributed by atoms with Crippen molar-refractivity contribution in [2.24, 2.45) is 5.73 Å². The van der Waals surface area contributed by atoms with Crippen LogP contribution in [0.25, 0.3) is 10.9 Å². The number of aliphatic hydroxyl groups excluding tert-OH is 1. The topological polar surface area (TPSA) is 248 Å². The predicted octanol–water partition coefficient (Wildman–Crippen LogP) is 0.996. The molecule has 7 atom stereocenters. The SMILES string of the molecule is C[C@@H](O)[C@@H]1NC(=O)[C@H](CCCCN)NC(=O)[C@@H](Cc2c[nH]c3ccccc23)NC(=O)[C@H](Cc2ccc(O)cc2)NC(=O)[C@H](CCS)NC(=O)[C@H](Cc2ccccc2)N(C)C1=O. The number of carbonyl (C=O) groups excluding carboxylic acids is 6. The van der Waals surface area contributed by atoms with Crippen LogP contribution < -0.4 is 32.3 Å². The summed E-state index contributed by atoms with van der Waals surface area (Å²) in [5.41, 5.74) is 8.51. The van der Waals surface area contributed by atoms with Crippen molar-refractivity contribution in [2.75, 3.05) is 19.3 Å². The molecule has 0 saturated carbocycles. The molecule has 17 heteroatoms. The molecule has 1 saturated heterocycles. The van der Waals surface area contributed by atoms with Gasteiger partial charge in [0.25, 0.3) is 0 Å². The fraction of sp³-hybridized carbons (Fsp3) is 0.409. The van der Waals surface area contributed by atoms with Gasteiger partial charge in [0, 0.05) is 43.4 Å². The highest BCUT2D eigenvalue weighted by Gasteiger charge is 2.38. The maximum atomic E-state index is 14.5. The van der Waals surface area contributed by atoms with Gasteiger partial charge in [-0.15, -0.1) is 0 Å². The van der Waals surface area contributed by atoms with Gasteiger partial charge in [-0.05, 0) is 79.8 Å². The Balaban J connectivity index is 1.60. The molecule has 3 aromatic carbocycles. The van der Waals surface area contributed by atoms with Crippen LogP contribution in [0.2, 0.25) is 0 Å². The number of amides is 6. The smallest absolute Gasteiger partial charge is 0.248 e. The molecule has 5 rings (SSSR count). The Kier molecular flexibility index (Phi) is 16.7. The van der Waals surface area contributed by atoms with Crippen molar-refractivity contribution >= 4 is 59.0 Å². The van der Waals surface area contributed by atoms with Gasteiger partial charge in [-0.2, -0.15) is 12.6 Å². The number of aromatic amines is 1. The average molecular weight is 857 g/mol. The number of phenols is 1. The quantitative estimate of drug-likeness (QED) is 0.0680. The Hall–Kier alpha value is -5.91. The van der Waals surface area contributed by atoms with E-state index in [0.717, 1.165) is 15.8 Å². The Morgan fingerprint density at radius 2 is 1.23 bits per heavy atom. The monoisotopic (exact) mass is 856 g/mol. The maximum Gasteiger partial charge on any atom is 0.248 e. The standard InChI is InChI=1S/C44H56N8O8S/c1-26(53)38-44(60)52(2)37(23-27-10-4-3-5-11-27)43(59)48-34(19-21-61)39(55)49-35(22-28-15-17-30(54)18-16-28)41(57)50-36(24-29-25-46-32-13-7-6-12-31(29)32)42(58)47-33(40(56)51-38)14-8-9-20-45/h3-7,10-13,15-18,25-26,33-38,46,53-54,61H,8-9,14,19-24,45H2,1-2H3,(H,47,58)(H,48,59)(H,49,55)(H,50,57)(H,51,56)/t26-,33+,34+,35+,36-,37+,38+/m1/s1. The van der Waals surface area contributed by atoms with Crippen LogP contribution in [0.4, 0.5) is 0 Å². The van der Waals surface area contributed by atoms with Gasteiger partial charge in [0.15, 0.2) is 0 Å². The summed E-state index contributed by atoms with van der Waals surface area (Å²) in [5.74, 6) is -4.29. The zero-order valence-corrected chi connectivity index (χ0v) is 35.2. The van der Waals surface area contributed by atoms with Gasteiger partial charge in [-0.1, -0.05) is 60.7 Å². The van der Waals surface area contributed by atoms with E-state index in [2.05, 4.69) is 44.2 Å². The average Bonchev–Trinajstić information content (AvgIpc) is 3.66. The lowest BCUT2D eigenvalue weighted by molar-refractivity contribution is -0.145. The lowest BCUT2D eigenvalue weighted by atomic mass is 9.99. The number of benzene rings is 3. The van der Waals surface area contributed by atoms with Crippen LogP contribution in [0.1, 0.15) is 49.3 Å². The van der Waals surface area contributed by atoms with Crippen LogP contribution in [0.3, 0.4) is 0 Å². The van der Waals surface area contributed by atoms with Crippen LogP contribution in [-0.2, 0) is 48.0 Å². The zero-order valence-electron chi connectivity index (χ0n) is 34.3. The second kappa shape index (κ2) is 22.1. The van der Waals surface area contributed by atoms with Gasteiger partial charge < -0.3 is 52.4 Å². The zero-order chi connectivity index (χ0) is 44.1. The number of H-pyrrole nitrogens is 1. The van der Waals surface area contributed by atoms with E-state index in [4.69, 9.17) is 5.73 Å². The number of unbranched alkanes of at least 4 members (excludes halogenated alkanes) is 1. The van der Waals surface area contributed by atoms with E-state index >= 15 is 0 Å². The Morgan fingerprint density at radius 1 is 0.672 bits per heavy atom. The molecule has 61 heavy (non-hydrogen) atoms. The van der Waals surface area contributed by atoms with Crippen LogP contribution in [0.15, 0.2) is 85.1 Å². The van der Waals surface area contributed by atoms with Crippen molar-refractivity contribution in [3.05, 3.63) is 102 Å². The molecule has 6 amide bonds. The molecular formula is C44H56N8O8S. The van der Waals surface area contributed by atoms with Crippen LogP contribution in [0, 0.1) is 0 Å². The summed E-state index contributed by atoms with van der Waals surface area (Å²) in [6, 6.07) is 14.5. The third-order valence-electron chi connectivity index (χ3n) is 10.8. The molecule has 0 aliphatic carbocycles. The summed E-state index contributed by atoms with van der Waals surface area (Å²) in [4.78, 5) is 90.2. The Labute approximate surface area is 360 Å². The molecule has 0 bridgehead atoms. The molecule has 1 aliphatic heterocycles. The third kappa shape index (κ3) is 12.6. The van der Waals surface area contributed by atoms with Crippen LogP contribution in [0.5, 0.6) is 5.75 Å². The first-order valence-corrected chi connectivity index (χ1v) is 21.1. The number of thiol groups is 1. The number of nitrogens with one attached hydrogen (secondary N) is 6. The molecule has 0 radical (unpaired) electrons. The second-order valence-corrected chi connectivity index (χ2v) is 15.8. The molecule has 4 aromatic rings. The molecule has 326 valence electrons. The van der Waals surface area contributed by atoms with Gasteiger partial charge >= 0.3 is 0 Å². The number of aliphatic hydroxyl groups is 1. The maximum absolute atomic E-state index is 14.5. The van der Waals surface area contributed by atoms with Crippen molar-refractivity contribution in [3.63, 3.8) is 0 Å². The summed E-state index contributed by atoms with van der Waals surface area (Å²) >= 11 is 4.34. The highest BCUT2D eigenvalue weighted by molar-refractivity contribution is 7.80. The summed E-state index contributed by atoms with van der Waals surface area (Å²) in [5, 5.41) is 35.5.